The van der Waals surface area contributed by atoms with Gasteiger partial charge in [0.2, 0.25) is 15.9 Å². The van der Waals surface area contributed by atoms with E-state index in [-0.39, 0.29) is 18.4 Å². The van der Waals surface area contributed by atoms with Crippen LogP contribution in [0.4, 0.5) is 0 Å². The Balaban J connectivity index is 1.42. The minimum atomic E-state index is -3.45. The molecule has 1 atom stereocenters. The number of hydrogen-bond acceptors (Lipinski definition) is 5. The van der Waals surface area contributed by atoms with E-state index in [1.165, 1.54) is 0 Å². The van der Waals surface area contributed by atoms with Gasteiger partial charge in [0, 0.05) is 31.1 Å². The summed E-state index contributed by atoms with van der Waals surface area (Å²) in [5, 5.41) is 2.02. The van der Waals surface area contributed by atoms with E-state index in [1.807, 2.05) is 22.4 Å². The first-order valence-electron chi connectivity index (χ1n) is 11.0. The summed E-state index contributed by atoms with van der Waals surface area (Å²) < 4.78 is 33.0. The second kappa shape index (κ2) is 10.3. The second-order valence-electron chi connectivity index (χ2n) is 8.27. The fraction of sp³-hybridized carbons (Fsp3) is 0.522. The van der Waals surface area contributed by atoms with Crippen LogP contribution in [0, 0.1) is 0 Å². The highest BCUT2D eigenvalue weighted by atomic mass is 32.2. The molecule has 0 aliphatic carbocycles. The molecular weight excluding hydrogens is 432 g/mol. The number of sulfonamides is 1. The van der Waals surface area contributed by atoms with E-state index >= 15 is 0 Å². The zero-order valence-electron chi connectivity index (χ0n) is 17.7. The third-order valence-electron chi connectivity index (χ3n) is 5.96. The van der Waals surface area contributed by atoms with Crippen LogP contribution < -0.4 is 0 Å². The summed E-state index contributed by atoms with van der Waals surface area (Å²) in [6.45, 7) is 3.11. The molecule has 2 saturated heterocycles. The molecule has 168 valence electrons. The van der Waals surface area contributed by atoms with Crippen LogP contribution >= 0.6 is 11.3 Å². The van der Waals surface area contributed by atoms with E-state index in [0.717, 1.165) is 49.2 Å². The molecule has 0 saturated carbocycles. The number of rotatable bonds is 8. The summed E-state index contributed by atoms with van der Waals surface area (Å²) >= 11 is 1.64. The minimum absolute atomic E-state index is 0.0375. The predicted octanol–water partition coefficient (Wildman–Crippen LogP) is 3.67. The van der Waals surface area contributed by atoms with E-state index in [4.69, 9.17) is 4.74 Å². The fourth-order valence-electron chi connectivity index (χ4n) is 4.20. The molecule has 0 N–H and O–H groups in total. The molecule has 2 aromatic rings. The highest BCUT2D eigenvalue weighted by molar-refractivity contribution is 7.89. The van der Waals surface area contributed by atoms with Gasteiger partial charge in [0.25, 0.3) is 0 Å². The highest BCUT2D eigenvalue weighted by Gasteiger charge is 2.26. The zero-order chi connectivity index (χ0) is 21.7. The Morgan fingerprint density at radius 3 is 2.52 bits per heavy atom. The van der Waals surface area contributed by atoms with Crippen LogP contribution in [0.15, 0.2) is 46.7 Å². The van der Waals surface area contributed by atoms with Gasteiger partial charge in [-0.1, -0.05) is 24.6 Å². The summed E-state index contributed by atoms with van der Waals surface area (Å²) in [4.78, 5) is 16.4. The van der Waals surface area contributed by atoms with Crippen molar-refractivity contribution in [2.24, 2.45) is 0 Å². The molecule has 2 aliphatic heterocycles. The Morgan fingerprint density at radius 2 is 1.87 bits per heavy atom. The van der Waals surface area contributed by atoms with Crippen LogP contribution in [0.1, 0.15) is 42.5 Å². The van der Waals surface area contributed by atoms with Crippen LogP contribution in [0.2, 0.25) is 0 Å². The summed E-state index contributed by atoms with van der Waals surface area (Å²) in [5.74, 6) is 0.0375. The van der Waals surface area contributed by atoms with Crippen molar-refractivity contribution >= 4 is 27.3 Å². The molecule has 3 heterocycles. The minimum Gasteiger partial charge on any atom is -0.376 e. The smallest absolute Gasteiger partial charge is 0.243 e. The number of nitrogens with zero attached hydrogens (tertiary/aromatic N) is 2. The Morgan fingerprint density at radius 1 is 1.10 bits per heavy atom. The number of ether oxygens (including phenoxy) is 1. The van der Waals surface area contributed by atoms with E-state index < -0.39 is 10.0 Å². The maximum absolute atomic E-state index is 13.1. The van der Waals surface area contributed by atoms with Crippen molar-refractivity contribution in [1.82, 2.24) is 9.21 Å². The van der Waals surface area contributed by atoms with Crippen LogP contribution in [0.3, 0.4) is 0 Å². The van der Waals surface area contributed by atoms with Crippen LogP contribution in [-0.4, -0.2) is 55.9 Å². The van der Waals surface area contributed by atoms with Gasteiger partial charge in [-0.25, -0.2) is 8.42 Å². The number of amides is 1. The monoisotopic (exact) mass is 462 g/mol. The molecule has 0 spiro atoms. The Labute approximate surface area is 188 Å². The molecule has 1 aromatic heterocycles. The van der Waals surface area contributed by atoms with Crippen LogP contribution in [-0.2, 0) is 32.5 Å². The topological polar surface area (TPSA) is 66.9 Å². The molecule has 0 radical (unpaired) electrons. The molecule has 1 amide bonds. The molecule has 1 aromatic carbocycles. The van der Waals surface area contributed by atoms with Crippen molar-refractivity contribution < 1.29 is 17.9 Å². The maximum Gasteiger partial charge on any atom is 0.243 e. The summed E-state index contributed by atoms with van der Waals surface area (Å²) in [7, 11) is -3.45. The van der Waals surface area contributed by atoms with Crippen molar-refractivity contribution in [2.45, 2.75) is 56.1 Å². The lowest BCUT2D eigenvalue weighted by atomic mass is 10.1. The van der Waals surface area contributed by atoms with Gasteiger partial charge < -0.3 is 9.64 Å². The van der Waals surface area contributed by atoms with Crippen LogP contribution in [0.5, 0.6) is 0 Å². The summed E-state index contributed by atoms with van der Waals surface area (Å²) in [6, 6.07) is 10.8. The lowest BCUT2D eigenvalue weighted by Crippen LogP contribution is -2.37. The standard InChI is InChI=1S/C23H30N2O4S2/c26-23(24(17-20-6-4-14-29-20)18-21-7-5-15-30-21)16-19-8-10-22(11-9-19)31(27,28)25-12-2-1-3-13-25/h5,7-11,15,20H,1-4,6,12-14,16-18H2. The zero-order valence-corrected chi connectivity index (χ0v) is 19.4. The average molecular weight is 463 g/mol. The van der Waals surface area contributed by atoms with E-state index in [0.29, 0.717) is 31.1 Å². The summed E-state index contributed by atoms with van der Waals surface area (Å²) in [6.07, 6.45) is 5.28. The molecule has 6 nitrogen and oxygen atoms in total. The molecule has 1 unspecified atom stereocenters. The van der Waals surface area contributed by atoms with E-state index in [1.54, 1.807) is 39.9 Å². The quantitative estimate of drug-likeness (QED) is 0.600. The molecular formula is C23H30N2O4S2. The van der Waals surface area contributed by atoms with Gasteiger partial charge >= 0.3 is 0 Å². The molecule has 2 aliphatic rings. The molecule has 8 heteroatoms. The Bertz CT molecular complexity index is 946. The number of piperidine rings is 1. The van der Waals surface area contributed by atoms with Gasteiger partial charge in [0.1, 0.15) is 0 Å². The third kappa shape index (κ3) is 5.74. The number of carbonyl (C=O) groups is 1. The van der Waals surface area contributed by atoms with Gasteiger partial charge in [-0.3, -0.25) is 4.79 Å². The Kier molecular flexibility index (Phi) is 7.43. The SMILES string of the molecule is O=C(Cc1ccc(S(=O)(=O)N2CCCCC2)cc1)N(Cc1cccs1)CC1CCCO1. The van der Waals surface area contributed by atoms with Crippen molar-refractivity contribution in [3.8, 4) is 0 Å². The molecule has 4 rings (SSSR count). The van der Waals surface area contributed by atoms with Crippen molar-refractivity contribution in [2.75, 3.05) is 26.2 Å². The lowest BCUT2D eigenvalue weighted by Gasteiger charge is -2.26. The number of hydrogen-bond donors (Lipinski definition) is 0. The maximum atomic E-state index is 13.1. The first-order valence-corrected chi connectivity index (χ1v) is 13.4. The van der Waals surface area contributed by atoms with Gasteiger partial charge in [0.15, 0.2) is 0 Å². The van der Waals surface area contributed by atoms with Gasteiger partial charge in [0.05, 0.1) is 24.0 Å². The van der Waals surface area contributed by atoms with Crippen LogP contribution in [0.25, 0.3) is 0 Å². The molecule has 0 bridgehead atoms. The van der Waals surface area contributed by atoms with Crippen molar-refractivity contribution in [1.29, 1.82) is 0 Å². The van der Waals surface area contributed by atoms with Gasteiger partial charge in [-0.2, -0.15) is 4.31 Å². The fourth-order valence-corrected chi connectivity index (χ4v) is 6.44. The first kappa shape index (κ1) is 22.5. The number of carbonyl (C=O) groups excluding carboxylic acids is 1. The normalized spacial score (nSPS) is 20.1. The van der Waals surface area contributed by atoms with Gasteiger partial charge in [-0.15, -0.1) is 11.3 Å². The second-order valence-corrected chi connectivity index (χ2v) is 11.2. The largest absolute Gasteiger partial charge is 0.376 e. The molecule has 31 heavy (non-hydrogen) atoms. The number of thiophene rings is 1. The predicted molar refractivity (Wildman–Crippen MR) is 121 cm³/mol. The van der Waals surface area contributed by atoms with Gasteiger partial charge in [-0.05, 0) is 54.8 Å². The average Bonchev–Trinajstić information content (AvgIpc) is 3.49. The summed E-state index contributed by atoms with van der Waals surface area (Å²) in [5.41, 5.74) is 0.825. The van der Waals surface area contributed by atoms with E-state index in [2.05, 4.69) is 0 Å². The first-order chi connectivity index (χ1) is 15.0. The lowest BCUT2D eigenvalue weighted by molar-refractivity contribution is -0.132. The van der Waals surface area contributed by atoms with Crippen molar-refractivity contribution in [3.63, 3.8) is 0 Å². The third-order valence-corrected chi connectivity index (χ3v) is 8.73. The Hall–Kier alpha value is -1.74. The molecule has 2 fully saturated rings. The number of benzene rings is 1. The van der Waals surface area contributed by atoms with E-state index in [9.17, 15) is 13.2 Å². The highest BCUT2D eigenvalue weighted by Crippen LogP contribution is 2.22. The van der Waals surface area contributed by atoms with Crippen molar-refractivity contribution in [3.05, 3.63) is 52.2 Å².